The number of carbonyl (C=O) groups excluding carboxylic acids is 4. The third kappa shape index (κ3) is 12.3. The van der Waals surface area contributed by atoms with Gasteiger partial charge in [0.25, 0.3) is 11.8 Å². The van der Waals surface area contributed by atoms with E-state index in [0.717, 1.165) is 4.90 Å². The van der Waals surface area contributed by atoms with Crippen LogP contribution in [0.3, 0.4) is 0 Å². The zero-order chi connectivity index (χ0) is 22.0. The van der Waals surface area contributed by atoms with Crippen LogP contribution in [0.1, 0.15) is 12.8 Å². The van der Waals surface area contributed by atoms with E-state index in [0.29, 0.717) is 65.8 Å². The van der Waals surface area contributed by atoms with Crippen molar-refractivity contribution in [1.29, 1.82) is 0 Å². The summed E-state index contributed by atoms with van der Waals surface area (Å²) in [6, 6.07) is 0. The summed E-state index contributed by atoms with van der Waals surface area (Å²) in [6.07, 6.45) is 2.77. The van der Waals surface area contributed by atoms with Gasteiger partial charge in [-0.25, -0.2) is 0 Å². The van der Waals surface area contributed by atoms with Crippen LogP contribution in [0, 0.1) is 0 Å². The van der Waals surface area contributed by atoms with Crippen molar-refractivity contribution >= 4 is 23.6 Å². The van der Waals surface area contributed by atoms with Gasteiger partial charge in [0.05, 0.1) is 52.9 Å². The fourth-order valence-electron chi connectivity index (χ4n) is 2.27. The molecule has 0 fully saturated rings. The van der Waals surface area contributed by atoms with Crippen molar-refractivity contribution in [3.63, 3.8) is 0 Å². The highest BCUT2D eigenvalue weighted by Gasteiger charge is 2.23. The number of nitrogens with zero attached hydrogens (tertiary/aromatic N) is 1. The summed E-state index contributed by atoms with van der Waals surface area (Å²) >= 11 is 0. The molecule has 4 amide bonds. The van der Waals surface area contributed by atoms with Gasteiger partial charge >= 0.3 is 0 Å². The highest BCUT2D eigenvalue weighted by molar-refractivity contribution is 6.13. The van der Waals surface area contributed by atoms with Crippen LogP contribution in [0.5, 0.6) is 0 Å². The summed E-state index contributed by atoms with van der Waals surface area (Å²) in [5, 5.41) is 5.17. The fourth-order valence-corrected chi connectivity index (χ4v) is 2.27. The van der Waals surface area contributed by atoms with E-state index in [4.69, 9.17) is 18.9 Å². The number of nitrogens with one attached hydrogen (secondary N) is 2. The molecule has 0 aromatic rings. The van der Waals surface area contributed by atoms with Crippen molar-refractivity contribution < 1.29 is 38.1 Å². The van der Waals surface area contributed by atoms with Crippen LogP contribution in [0.15, 0.2) is 12.2 Å². The molecule has 11 heteroatoms. The fraction of sp³-hybridized carbons (Fsp3) is 0.684. The van der Waals surface area contributed by atoms with Gasteiger partial charge in [-0.2, -0.15) is 0 Å². The molecule has 0 saturated carbocycles. The van der Waals surface area contributed by atoms with Crippen LogP contribution in [-0.4, -0.2) is 102 Å². The molecule has 0 saturated heterocycles. The predicted octanol–water partition coefficient (Wildman–Crippen LogP) is -1.38. The topological polar surface area (TPSA) is 132 Å². The average molecular weight is 429 g/mol. The van der Waals surface area contributed by atoms with Crippen molar-refractivity contribution in [2.75, 3.05) is 73.0 Å². The lowest BCUT2D eigenvalue weighted by molar-refractivity contribution is -0.137. The quantitative estimate of drug-likeness (QED) is 0.201. The molecule has 1 rings (SSSR count). The standard InChI is InChI=1S/C19H31N3O8/c1-20-16(23)5-8-27-10-12-29-14-15-30-13-11-28-9-6-21-17(24)4-7-22-18(25)2-3-19(22)26/h2-3H,4-15H2,1H3,(H,20,23)(H,21,24). The van der Waals surface area contributed by atoms with Gasteiger partial charge in [-0.1, -0.05) is 0 Å². The maximum absolute atomic E-state index is 11.7. The first-order valence-corrected chi connectivity index (χ1v) is 9.86. The lowest BCUT2D eigenvalue weighted by atomic mass is 10.3. The molecule has 2 N–H and O–H groups in total. The summed E-state index contributed by atoms with van der Waals surface area (Å²) in [4.78, 5) is 46.4. The molecule has 11 nitrogen and oxygen atoms in total. The molecule has 0 aromatic carbocycles. The first kappa shape index (κ1) is 25.7. The van der Waals surface area contributed by atoms with Gasteiger partial charge in [0, 0.05) is 45.1 Å². The van der Waals surface area contributed by atoms with E-state index in [-0.39, 0.29) is 24.8 Å². The molecule has 170 valence electrons. The van der Waals surface area contributed by atoms with E-state index in [1.807, 2.05) is 0 Å². The summed E-state index contributed by atoms with van der Waals surface area (Å²) in [5.41, 5.74) is 0. The van der Waals surface area contributed by atoms with E-state index in [9.17, 15) is 19.2 Å². The minimum atomic E-state index is -0.396. The first-order valence-electron chi connectivity index (χ1n) is 9.86. The van der Waals surface area contributed by atoms with Gasteiger partial charge in [-0.15, -0.1) is 0 Å². The average Bonchev–Trinajstić information content (AvgIpc) is 3.06. The van der Waals surface area contributed by atoms with Crippen molar-refractivity contribution in [2.45, 2.75) is 12.8 Å². The molecule has 1 aliphatic rings. The number of rotatable bonds is 18. The second kappa shape index (κ2) is 16.5. The highest BCUT2D eigenvalue weighted by Crippen LogP contribution is 2.03. The Hall–Kier alpha value is -2.34. The third-order valence-corrected chi connectivity index (χ3v) is 3.90. The Morgan fingerprint density at radius 1 is 0.767 bits per heavy atom. The molecular weight excluding hydrogens is 398 g/mol. The first-order chi connectivity index (χ1) is 14.5. The van der Waals surface area contributed by atoms with Crippen molar-refractivity contribution in [3.05, 3.63) is 12.2 Å². The van der Waals surface area contributed by atoms with Crippen LogP contribution in [-0.2, 0) is 38.1 Å². The monoisotopic (exact) mass is 429 g/mol. The summed E-state index contributed by atoms with van der Waals surface area (Å²) < 4.78 is 21.2. The minimum absolute atomic E-state index is 0.0559. The lowest BCUT2D eigenvalue weighted by Gasteiger charge is -2.13. The van der Waals surface area contributed by atoms with E-state index >= 15 is 0 Å². The van der Waals surface area contributed by atoms with Gasteiger partial charge in [0.15, 0.2) is 0 Å². The van der Waals surface area contributed by atoms with Gasteiger partial charge in [0.1, 0.15) is 0 Å². The lowest BCUT2D eigenvalue weighted by Crippen LogP contribution is -2.35. The zero-order valence-corrected chi connectivity index (χ0v) is 17.4. The largest absolute Gasteiger partial charge is 0.379 e. The highest BCUT2D eigenvalue weighted by atomic mass is 16.6. The number of hydrogen-bond acceptors (Lipinski definition) is 8. The summed E-state index contributed by atoms with van der Waals surface area (Å²) in [7, 11) is 1.58. The molecular formula is C19H31N3O8. The summed E-state index contributed by atoms with van der Waals surface area (Å²) in [6.45, 7) is 3.63. The Kier molecular flexibility index (Phi) is 14.1. The van der Waals surface area contributed by atoms with Crippen molar-refractivity contribution in [2.24, 2.45) is 0 Å². The van der Waals surface area contributed by atoms with E-state index < -0.39 is 11.8 Å². The Balaban J connectivity index is 1.79. The van der Waals surface area contributed by atoms with Crippen LogP contribution in [0.4, 0.5) is 0 Å². The smallest absolute Gasteiger partial charge is 0.253 e. The molecule has 0 bridgehead atoms. The Morgan fingerprint density at radius 3 is 1.80 bits per heavy atom. The Morgan fingerprint density at radius 2 is 1.27 bits per heavy atom. The predicted molar refractivity (Wildman–Crippen MR) is 105 cm³/mol. The number of amides is 4. The second-order valence-electron chi connectivity index (χ2n) is 6.13. The van der Waals surface area contributed by atoms with Crippen molar-refractivity contribution in [1.82, 2.24) is 15.5 Å². The van der Waals surface area contributed by atoms with Crippen LogP contribution in [0.25, 0.3) is 0 Å². The molecule has 0 radical (unpaired) electrons. The second-order valence-corrected chi connectivity index (χ2v) is 6.13. The maximum atomic E-state index is 11.7. The molecule has 0 spiro atoms. The molecule has 1 heterocycles. The van der Waals surface area contributed by atoms with Gasteiger partial charge < -0.3 is 29.6 Å². The SMILES string of the molecule is CNC(=O)CCOCCOCCOCCOCCNC(=O)CCN1C(=O)C=CC1=O. The normalized spacial score (nSPS) is 13.2. The number of ether oxygens (including phenoxy) is 4. The van der Waals surface area contributed by atoms with Crippen molar-refractivity contribution in [3.8, 4) is 0 Å². The summed E-state index contributed by atoms with van der Waals surface area (Å²) in [5.74, 6) is -1.10. The molecule has 0 atom stereocenters. The van der Waals surface area contributed by atoms with E-state index in [1.54, 1.807) is 7.05 Å². The van der Waals surface area contributed by atoms with E-state index in [2.05, 4.69) is 10.6 Å². The Labute approximate surface area is 176 Å². The van der Waals surface area contributed by atoms with Gasteiger partial charge in [-0.3, -0.25) is 24.1 Å². The number of carbonyl (C=O) groups is 4. The molecule has 0 aliphatic carbocycles. The molecule has 0 aromatic heterocycles. The zero-order valence-electron chi connectivity index (χ0n) is 17.4. The van der Waals surface area contributed by atoms with E-state index in [1.165, 1.54) is 12.2 Å². The minimum Gasteiger partial charge on any atom is -0.379 e. The molecule has 0 unspecified atom stereocenters. The maximum Gasteiger partial charge on any atom is 0.253 e. The molecule has 30 heavy (non-hydrogen) atoms. The van der Waals surface area contributed by atoms with Gasteiger partial charge in [0.2, 0.25) is 11.8 Å². The number of imide groups is 1. The van der Waals surface area contributed by atoms with Crippen LogP contribution >= 0.6 is 0 Å². The third-order valence-electron chi connectivity index (χ3n) is 3.90. The number of hydrogen-bond donors (Lipinski definition) is 2. The van der Waals surface area contributed by atoms with Crippen LogP contribution < -0.4 is 10.6 Å². The Bertz CT molecular complexity index is 564. The van der Waals surface area contributed by atoms with Crippen LogP contribution in [0.2, 0.25) is 0 Å². The van der Waals surface area contributed by atoms with Gasteiger partial charge in [-0.05, 0) is 0 Å². The molecule has 1 aliphatic heterocycles.